The number of carbonyl (C=O) groups excluding carboxylic acids is 2. The minimum Gasteiger partial charge on any atom is -0.480 e. The summed E-state index contributed by atoms with van der Waals surface area (Å²) in [4.78, 5) is 49.5. The van der Waals surface area contributed by atoms with Gasteiger partial charge in [-0.25, -0.2) is 0 Å². The fourth-order valence-corrected chi connectivity index (χ4v) is 6.54. The number of carboxylic acids is 2. The largest absolute Gasteiger partial charge is 0.480 e. The van der Waals surface area contributed by atoms with E-state index >= 15 is 0 Å². The van der Waals surface area contributed by atoms with E-state index in [0.29, 0.717) is 25.9 Å². The molecule has 4 atom stereocenters. The maximum atomic E-state index is 13.4. The van der Waals surface area contributed by atoms with E-state index in [1.807, 2.05) is 0 Å². The minimum absolute atomic E-state index is 0.106. The zero-order chi connectivity index (χ0) is 20.9. The van der Waals surface area contributed by atoms with E-state index in [9.17, 15) is 24.3 Å². The van der Waals surface area contributed by atoms with Gasteiger partial charge in [-0.3, -0.25) is 19.2 Å². The lowest BCUT2D eigenvalue weighted by molar-refractivity contribution is -0.145. The molecule has 2 aliphatic rings. The normalized spacial score (nSPS) is 24.6. The van der Waals surface area contributed by atoms with Gasteiger partial charge in [0.2, 0.25) is 0 Å². The molecule has 158 valence electrons. The van der Waals surface area contributed by atoms with E-state index in [-0.39, 0.29) is 5.75 Å². The first kappa shape index (κ1) is 23.1. The smallest absolute Gasteiger partial charge is 0.322 e. The molecule has 0 aromatic carbocycles. The third kappa shape index (κ3) is 4.86. The monoisotopic (exact) mass is 434 g/mol. The number of nitrogens with two attached hydrogens (primary N) is 2. The van der Waals surface area contributed by atoms with Gasteiger partial charge in [-0.15, -0.1) is 0 Å². The van der Waals surface area contributed by atoms with Crippen molar-refractivity contribution < 1.29 is 29.4 Å². The van der Waals surface area contributed by atoms with Crippen LogP contribution in [0.3, 0.4) is 0 Å². The van der Waals surface area contributed by atoms with Crippen molar-refractivity contribution in [1.29, 1.82) is 0 Å². The van der Waals surface area contributed by atoms with E-state index in [0.717, 1.165) is 34.4 Å². The van der Waals surface area contributed by atoms with Crippen LogP contribution in [0.2, 0.25) is 0 Å². The predicted molar refractivity (Wildman–Crippen MR) is 106 cm³/mol. The molecular formula is C16H26N4O6S2. The van der Waals surface area contributed by atoms with Crippen molar-refractivity contribution >= 4 is 45.1 Å². The number of rotatable bonds is 11. The van der Waals surface area contributed by atoms with Crippen LogP contribution >= 0.6 is 21.6 Å². The van der Waals surface area contributed by atoms with Crippen LogP contribution in [0.1, 0.15) is 25.7 Å². The zero-order valence-corrected chi connectivity index (χ0v) is 16.9. The average molecular weight is 435 g/mol. The summed E-state index contributed by atoms with van der Waals surface area (Å²) in [6.07, 6.45) is 2.43. The molecule has 2 unspecified atom stereocenters. The summed E-state index contributed by atoms with van der Waals surface area (Å²) in [5.74, 6) is -3.94. The van der Waals surface area contributed by atoms with E-state index in [2.05, 4.69) is 10.6 Å². The van der Waals surface area contributed by atoms with Gasteiger partial charge >= 0.3 is 11.9 Å². The maximum Gasteiger partial charge on any atom is 0.322 e. The summed E-state index contributed by atoms with van der Waals surface area (Å²) in [6, 6.07) is -4.32. The van der Waals surface area contributed by atoms with Crippen molar-refractivity contribution in [3.63, 3.8) is 0 Å². The van der Waals surface area contributed by atoms with Crippen LogP contribution in [0, 0.1) is 0 Å². The fourth-order valence-electron chi connectivity index (χ4n) is 3.34. The molecule has 2 rings (SSSR count). The van der Waals surface area contributed by atoms with Crippen LogP contribution < -0.4 is 22.1 Å². The SMILES string of the molecule is NC(CSSC(C(=O)[C@@H]1CCCN1)(C(=O)[C@@H]1CCCN1)C(N)C(=O)O)C(=O)O. The molecular weight excluding hydrogens is 408 g/mol. The number of carboxylic acid groups (broad SMARTS) is 2. The number of aliphatic carboxylic acids is 2. The second kappa shape index (κ2) is 10.0. The van der Waals surface area contributed by atoms with Crippen LogP contribution in [0.15, 0.2) is 0 Å². The van der Waals surface area contributed by atoms with Gasteiger partial charge in [0, 0.05) is 5.75 Å². The number of nitrogens with one attached hydrogen (secondary N) is 2. The van der Waals surface area contributed by atoms with Crippen molar-refractivity contribution in [2.45, 2.75) is 54.6 Å². The average Bonchev–Trinajstić information content (AvgIpc) is 3.37. The Labute approximate surface area is 170 Å². The van der Waals surface area contributed by atoms with Gasteiger partial charge in [-0.2, -0.15) is 0 Å². The molecule has 2 aliphatic heterocycles. The fraction of sp³-hybridized carbons (Fsp3) is 0.750. The molecule has 0 aromatic rings. The molecule has 28 heavy (non-hydrogen) atoms. The van der Waals surface area contributed by atoms with Crippen molar-refractivity contribution in [3.05, 3.63) is 0 Å². The molecule has 12 heteroatoms. The Morgan fingerprint density at radius 2 is 1.46 bits per heavy atom. The first-order valence-electron chi connectivity index (χ1n) is 9.04. The highest BCUT2D eigenvalue weighted by Crippen LogP contribution is 2.43. The maximum absolute atomic E-state index is 13.4. The first-order chi connectivity index (χ1) is 13.2. The summed E-state index contributed by atoms with van der Waals surface area (Å²) in [7, 11) is 1.62. The van der Waals surface area contributed by atoms with Crippen LogP contribution in [0.5, 0.6) is 0 Å². The highest BCUT2D eigenvalue weighted by atomic mass is 33.1. The standard InChI is InChI=1S/C16H26N4O6S2/c17-8(14(23)24)7-27-28-16(11(18)15(25)26,12(21)9-3-1-5-19-9)13(22)10-4-2-6-20-10/h8-11,19-20H,1-7,17-18H2,(H,23,24)(H,25,26)/t8?,9-,10-,11?/m0/s1. The Morgan fingerprint density at radius 1 is 0.964 bits per heavy atom. The van der Waals surface area contributed by atoms with Gasteiger partial charge in [0.15, 0.2) is 16.3 Å². The van der Waals surface area contributed by atoms with Gasteiger partial charge in [-0.1, -0.05) is 21.6 Å². The van der Waals surface area contributed by atoms with Gasteiger partial charge in [0.1, 0.15) is 12.1 Å². The number of hydrogen-bond acceptors (Lipinski definition) is 10. The molecule has 10 nitrogen and oxygen atoms in total. The summed E-state index contributed by atoms with van der Waals surface area (Å²) in [6.45, 7) is 1.18. The molecule has 0 aromatic heterocycles. The first-order valence-corrected chi connectivity index (χ1v) is 11.4. The van der Waals surface area contributed by atoms with Gasteiger partial charge < -0.3 is 32.3 Å². The summed E-state index contributed by atoms with van der Waals surface area (Å²) >= 11 is 0. The lowest BCUT2D eigenvalue weighted by Crippen LogP contribution is -2.66. The van der Waals surface area contributed by atoms with Crippen LogP contribution in [0.4, 0.5) is 0 Å². The van der Waals surface area contributed by atoms with Gasteiger partial charge in [0.25, 0.3) is 0 Å². The van der Waals surface area contributed by atoms with E-state index in [1.54, 1.807) is 0 Å². The zero-order valence-electron chi connectivity index (χ0n) is 15.3. The van der Waals surface area contributed by atoms with Crippen molar-refractivity contribution in [1.82, 2.24) is 10.6 Å². The molecule has 8 N–H and O–H groups in total. The Bertz CT molecular complexity index is 594. The summed E-state index contributed by atoms with van der Waals surface area (Å²) < 4.78 is -2.04. The van der Waals surface area contributed by atoms with Crippen molar-refractivity contribution in [2.75, 3.05) is 18.8 Å². The number of ketones is 2. The summed E-state index contributed by atoms with van der Waals surface area (Å²) in [5.41, 5.74) is 11.4. The van der Waals surface area contributed by atoms with Crippen LogP contribution in [-0.2, 0) is 19.2 Å². The third-order valence-corrected chi connectivity index (χ3v) is 8.03. The molecule has 0 aliphatic carbocycles. The molecule has 2 saturated heterocycles. The number of Topliss-reactive ketones (excluding diaryl/α,β-unsaturated/α-hetero) is 2. The lowest BCUT2D eigenvalue weighted by atomic mass is 9.82. The Hall–Kier alpha value is -1.18. The Balaban J connectivity index is 2.37. The molecule has 2 heterocycles. The molecule has 0 spiro atoms. The topological polar surface area (TPSA) is 185 Å². The predicted octanol–water partition coefficient (Wildman–Crippen LogP) is -1.43. The highest BCUT2D eigenvalue weighted by molar-refractivity contribution is 8.77. The summed E-state index contributed by atoms with van der Waals surface area (Å²) in [5, 5.41) is 24.6. The Kier molecular flexibility index (Phi) is 8.28. The van der Waals surface area contributed by atoms with Crippen molar-refractivity contribution in [2.24, 2.45) is 11.5 Å². The number of hydrogen-bond donors (Lipinski definition) is 6. The third-order valence-electron chi connectivity index (χ3n) is 4.94. The second-order valence-corrected chi connectivity index (χ2v) is 9.48. The second-order valence-electron chi connectivity index (χ2n) is 6.89. The van der Waals surface area contributed by atoms with E-state index < -0.39 is 52.4 Å². The van der Waals surface area contributed by atoms with E-state index in [4.69, 9.17) is 16.6 Å². The van der Waals surface area contributed by atoms with Crippen LogP contribution in [-0.4, -0.2) is 81.5 Å². The molecule has 0 amide bonds. The van der Waals surface area contributed by atoms with Crippen molar-refractivity contribution in [3.8, 4) is 0 Å². The van der Waals surface area contributed by atoms with Crippen LogP contribution in [0.25, 0.3) is 0 Å². The van der Waals surface area contributed by atoms with Gasteiger partial charge in [0.05, 0.1) is 12.1 Å². The molecule has 0 bridgehead atoms. The highest BCUT2D eigenvalue weighted by Gasteiger charge is 2.58. The van der Waals surface area contributed by atoms with Gasteiger partial charge in [-0.05, 0) is 38.8 Å². The quantitative estimate of drug-likeness (QED) is 0.165. The molecule has 0 saturated carbocycles. The Morgan fingerprint density at radius 3 is 1.82 bits per heavy atom. The minimum atomic E-state index is -2.04. The number of carbonyl (C=O) groups is 4. The molecule has 0 radical (unpaired) electrons. The lowest BCUT2D eigenvalue weighted by Gasteiger charge is -2.36. The van der Waals surface area contributed by atoms with E-state index in [1.165, 1.54) is 0 Å². The molecule has 2 fully saturated rings.